The van der Waals surface area contributed by atoms with Crippen molar-refractivity contribution in [3.8, 4) is 0 Å². The number of nitrogens with zero attached hydrogens (tertiary/aromatic N) is 1. The molecule has 0 heterocycles. The smallest absolute Gasteiger partial charge is 0.408 e. The molecule has 0 fully saturated rings. The molecule has 424 valence electrons. The summed E-state index contributed by atoms with van der Waals surface area (Å²) >= 11 is 0. The predicted molar refractivity (Wildman–Crippen MR) is 286 cm³/mol. The van der Waals surface area contributed by atoms with Crippen molar-refractivity contribution in [2.75, 3.05) is 59.3 Å². The van der Waals surface area contributed by atoms with Gasteiger partial charge < -0.3 is 59.2 Å². The molecule has 0 radical (unpaired) electrons. The number of esters is 4. The van der Waals surface area contributed by atoms with Crippen molar-refractivity contribution in [3.05, 3.63) is 120 Å². The molecule has 21 heteroatoms. The van der Waals surface area contributed by atoms with Crippen LogP contribution < -0.4 is 21.3 Å². The van der Waals surface area contributed by atoms with Gasteiger partial charge in [-0.25, -0.2) is 38.4 Å². The second-order valence-electron chi connectivity index (χ2n) is 20.1. The molecule has 2 aromatic carbocycles. The monoisotopic (exact) mass is 1080 g/mol. The van der Waals surface area contributed by atoms with Crippen molar-refractivity contribution >= 4 is 48.3 Å². The quantitative estimate of drug-likeness (QED) is 0.0319. The van der Waals surface area contributed by atoms with Crippen LogP contribution in [0.4, 0.5) is 19.2 Å². The Morgan fingerprint density at radius 2 is 0.818 bits per heavy atom. The number of unbranched alkanes of at least 4 members (excludes halogenated alkanes) is 1. The third-order valence-corrected chi connectivity index (χ3v) is 11.6. The number of hydrogen-bond acceptors (Lipinski definition) is 17. The van der Waals surface area contributed by atoms with E-state index in [9.17, 15) is 38.4 Å². The molecule has 0 aliphatic heterocycles. The molecule has 4 amide bonds. The van der Waals surface area contributed by atoms with Gasteiger partial charge in [0.25, 0.3) is 0 Å². The highest BCUT2D eigenvalue weighted by atomic mass is 16.6. The molecule has 0 aliphatic carbocycles. The van der Waals surface area contributed by atoms with Gasteiger partial charge in [0, 0.05) is 36.4 Å². The summed E-state index contributed by atoms with van der Waals surface area (Å²) in [5.41, 5.74) is -0.908. The lowest BCUT2D eigenvalue weighted by Gasteiger charge is -2.31. The molecule has 2 atom stereocenters. The van der Waals surface area contributed by atoms with Crippen LogP contribution in [0.1, 0.15) is 111 Å². The summed E-state index contributed by atoms with van der Waals surface area (Å²) in [4.78, 5) is 102. The van der Waals surface area contributed by atoms with Gasteiger partial charge in [-0.3, -0.25) is 4.90 Å². The Hall–Kier alpha value is -7.68. The maximum Gasteiger partial charge on any atom is 0.408 e. The lowest BCUT2D eigenvalue weighted by atomic mass is 9.87. The fraction of sp³-hybridized carbons (Fsp3) is 0.500. The summed E-state index contributed by atoms with van der Waals surface area (Å²) < 4.78 is 42.5. The first kappa shape index (κ1) is 65.4. The molecule has 2 unspecified atom stereocenters. The van der Waals surface area contributed by atoms with Crippen LogP contribution in [0.3, 0.4) is 0 Å². The van der Waals surface area contributed by atoms with E-state index in [1.54, 1.807) is 79.7 Å². The number of hydrogen-bond donors (Lipinski definition) is 4. The van der Waals surface area contributed by atoms with Gasteiger partial charge >= 0.3 is 48.3 Å². The highest BCUT2D eigenvalue weighted by Gasteiger charge is 2.32. The number of amides is 4. The van der Waals surface area contributed by atoms with Gasteiger partial charge in [0.1, 0.15) is 39.6 Å². The van der Waals surface area contributed by atoms with Gasteiger partial charge in [0.05, 0.1) is 22.2 Å². The van der Waals surface area contributed by atoms with E-state index in [0.717, 1.165) is 25.0 Å². The summed E-state index contributed by atoms with van der Waals surface area (Å²) in [6, 6.07) is 14.4. The van der Waals surface area contributed by atoms with Crippen LogP contribution >= 0.6 is 0 Å². The van der Waals surface area contributed by atoms with Gasteiger partial charge in [0.2, 0.25) is 0 Å². The van der Waals surface area contributed by atoms with Crippen molar-refractivity contribution in [2.45, 2.75) is 123 Å². The fourth-order valence-corrected chi connectivity index (χ4v) is 6.87. The van der Waals surface area contributed by atoms with E-state index in [0.29, 0.717) is 41.9 Å². The van der Waals surface area contributed by atoms with E-state index in [1.807, 2.05) is 29.2 Å². The normalized spacial score (nSPS) is 12.3. The van der Waals surface area contributed by atoms with Crippen LogP contribution in [-0.2, 0) is 79.2 Å². The first-order valence-corrected chi connectivity index (χ1v) is 25.0. The maximum absolute atomic E-state index is 13.2. The maximum atomic E-state index is 13.2. The number of carbonyl (C=O) groups is 8. The molecule has 2 aromatic rings. The SMILES string of the molecule is C=CC(=O)OCC(COC(=O)C(=C)C)OC(=O)NC(C)(C)c1cccc(C(C)(C)NC(=O)OCCN(CCCC)CCOC(=O)NC(C)(C)c2cccc(C(C)(C)NC(=O)OC(COC(=O)C=C)COC(=O)C(=C)C)c2)c1. The van der Waals surface area contributed by atoms with Crippen molar-refractivity contribution in [1.82, 2.24) is 26.2 Å². The summed E-state index contributed by atoms with van der Waals surface area (Å²) in [7, 11) is 0. The lowest BCUT2D eigenvalue weighted by molar-refractivity contribution is -0.148. The number of benzene rings is 2. The Kier molecular flexibility index (Phi) is 26.1. The highest BCUT2D eigenvalue weighted by Crippen LogP contribution is 2.29. The zero-order valence-corrected chi connectivity index (χ0v) is 46.5. The summed E-state index contributed by atoms with van der Waals surface area (Å²) in [5.74, 6) is -2.93. The van der Waals surface area contributed by atoms with Crippen LogP contribution in [-0.4, -0.2) is 125 Å². The minimum absolute atomic E-state index is 0.0417. The first-order chi connectivity index (χ1) is 35.9. The van der Waals surface area contributed by atoms with E-state index in [1.165, 1.54) is 13.8 Å². The largest absolute Gasteiger partial charge is 0.458 e. The molecular formula is C56H79N5O16. The summed E-state index contributed by atoms with van der Waals surface area (Å²) in [6.07, 6.45) is -1.70. The Morgan fingerprint density at radius 3 is 1.12 bits per heavy atom. The van der Waals surface area contributed by atoms with Crippen LogP contribution in [0.15, 0.2) is 98.1 Å². The number of rotatable bonds is 31. The van der Waals surface area contributed by atoms with E-state index in [4.69, 9.17) is 37.9 Å². The summed E-state index contributed by atoms with van der Waals surface area (Å²) in [6.45, 7) is 32.8. The molecule has 0 spiro atoms. The Bertz CT molecular complexity index is 2270. The highest BCUT2D eigenvalue weighted by molar-refractivity contribution is 5.87. The zero-order valence-electron chi connectivity index (χ0n) is 46.5. The molecule has 4 N–H and O–H groups in total. The Morgan fingerprint density at radius 1 is 0.506 bits per heavy atom. The van der Waals surface area contributed by atoms with E-state index in [-0.39, 0.29) is 24.4 Å². The molecule has 21 nitrogen and oxygen atoms in total. The van der Waals surface area contributed by atoms with Crippen LogP contribution in [0.2, 0.25) is 0 Å². The van der Waals surface area contributed by atoms with Crippen LogP contribution in [0.25, 0.3) is 0 Å². The van der Waals surface area contributed by atoms with Gasteiger partial charge in [-0.1, -0.05) is 88.2 Å². The molecule has 0 aromatic heterocycles. The van der Waals surface area contributed by atoms with Gasteiger partial charge in [-0.15, -0.1) is 0 Å². The van der Waals surface area contributed by atoms with E-state index < -0.39 is 109 Å². The van der Waals surface area contributed by atoms with Crippen molar-refractivity contribution < 1.29 is 76.3 Å². The second-order valence-corrected chi connectivity index (χ2v) is 20.1. The first-order valence-electron chi connectivity index (χ1n) is 25.0. The number of nitrogens with one attached hydrogen (secondary N) is 4. The average molecular weight is 1080 g/mol. The second kappa shape index (κ2) is 30.8. The number of ether oxygens (including phenoxy) is 8. The van der Waals surface area contributed by atoms with Crippen molar-refractivity contribution in [3.63, 3.8) is 0 Å². The van der Waals surface area contributed by atoms with Crippen LogP contribution in [0.5, 0.6) is 0 Å². The van der Waals surface area contributed by atoms with E-state index >= 15 is 0 Å². The molecule has 0 aliphatic rings. The van der Waals surface area contributed by atoms with Gasteiger partial charge in [0.15, 0.2) is 12.2 Å². The Balaban J connectivity index is 2.00. The van der Waals surface area contributed by atoms with Crippen LogP contribution in [0, 0.1) is 0 Å². The topological polar surface area (TPSA) is 262 Å². The lowest BCUT2D eigenvalue weighted by Crippen LogP contribution is -2.45. The minimum Gasteiger partial charge on any atom is -0.458 e. The third kappa shape index (κ3) is 23.8. The van der Waals surface area contributed by atoms with E-state index in [2.05, 4.69) is 54.5 Å². The third-order valence-electron chi connectivity index (χ3n) is 11.6. The van der Waals surface area contributed by atoms with Crippen molar-refractivity contribution in [2.24, 2.45) is 0 Å². The number of carbonyl (C=O) groups excluding carboxylic acids is 8. The standard InChI is InChI=1S/C56H79N5O16/c1-16-19-26-61(27-29-70-49(66)57-53(8,9)39-22-20-24-41(31-39)55(12,13)59-51(68)76-43(33-72-45(62)17-2)35-74-47(64)37(4)5)28-30-71-50(67)58-54(10,11)40-23-21-25-42(32-40)56(14,15)60-52(69)77-44(34-73-46(63)18-3)36-75-48(65)38(6)7/h17-18,20-25,31-32,43-44H,2-4,6,16,19,26-30,33-36H2,1,5,7-15H3,(H,57,66)(H,58,67)(H,59,68)(H,60,69). The molecule has 77 heavy (non-hydrogen) atoms. The molecule has 0 bridgehead atoms. The fourth-order valence-electron chi connectivity index (χ4n) is 6.87. The zero-order chi connectivity index (χ0) is 58.1. The molecule has 0 saturated carbocycles. The van der Waals surface area contributed by atoms with Gasteiger partial charge in [-0.2, -0.15) is 0 Å². The predicted octanol–water partition coefficient (Wildman–Crippen LogP) is 7.77. The Labute approximate surface area is 452 Å². The molecular weight excluding hydrogens is 999 g/mol. The molecule has 0 saturated heterocycles. The average Bonchev–Trinajstić information content (AvgIpc) is 3.35. The van der Waals surface area contributed by atoms with Crippen molar-refractivity contribution in [1.29, 1.82) is 0 Å². The number of alkyl carbamates (subject to hydrolysis) is 4. The summed E-state index contributed by atoms with van der Waals surface area (Å²) in [5, 5.41) is 11.4. The molecule has 2 rings (SSSR count). The van der Waals surface area contributed by atoms with Gasteiger partial charge in [-0.05, 0) is 104 Å². The minimum atomic E-state index is -1.14.